The van der Waals surface area contributed by atoms with E-state index in [1.54, 1.807) is 102 Å². The Hall–Kier alpha value is -5.71. The van der Waals surface area contributed by atoms with Gasteiger partial charge in [0.1, 0.15) is 17.9 Å². The van der Waals surface area contributed by atoms with Gasteiger partial charge in [0.05, 0.1) is 55.5 Å². The first kappa shape index (κ1) is 40.3. The molecule has 0 radical (unpaired) electrons. The molecule has 0 fully saturated rings. The van der Waals surface area contributed by atoms with Gasteiger partial charge >= 0.3 is 0 Å². The Kier molecular flexibility index (Phi) is 18.4. The number of Topliss-reactive ketones (excluding diaryl/α,β-unsaturated/α-hetero) is 2. The molecule has 0 atom stereocenters. The highest BCUT2D eigenvalue weighted by Crippen LogP contribution is 2.29. The fraction of sp³-hybridized carbons (Fsp3) is 0.270. The minimum absolute atomic E-state index is 0.0625. The molecule has 0 heterocycles. The second-order valence-electron chi connectivity index (χ2n) is 9.82. The van der Waals surface area contributed by atoms with Crippen molar-refractivity contribution >= 4 is 41.6 Å². The average molecular weight is 663 g/mol. The zero-order chi connectivity index (χ0) is 36.1. The van der Waals surface area contributed by atoms with Crippen LogP contribution in [0.25, 0.3) is 12.2 Å². The Morgan fingerprint density at radius 2 is 0.792 bits per heavy atom. The topological polar surface area (TPSA) is 141 Å². The van der Waals surface area contributed by atoms with Crippen LogP contribution >= 0.6 is 0 Å². The van der Waals surface area contributed by atoms with Gasteiger partial charge in [-0.05, 0) is 79.6 Å². The fourth-order valence-electron chi connectivity index (χ4n) is 3.86. The van der Waals surface area contributed by atoms with Crippen molar-refractivity contribution in [3.8, 4) is 34.5 Å². The van der Waals surface area contributed by atoms with Gasteiger partial charge < -0.3 is 28.4 Å². The molecule has 0 saturated heterocycles. The van der Waals surface area contributed by atoms with Gasteiger partial charge in [-0.15, -0.1) is 0 Å². The van der Waals surface area contributed by atoms with Crippen LogP contribution in [0, 0.1) is 0 Å². The third-order valence-electron chi connectivity index (χ3n) is 6.13. The summed E-state index contributed by atoms with van der Waals surface area (Å²) >= 11 is 0. The van der Waals surface area contributed by atoms with Crippen molar-refractivity contribution in [2.45, 2.75) is 26.7 Å². The molecule has 0 aliphatic heterocycles. The van der Waals surface area contributed by atoms with E-state index in [9.17, 15) is 24.0 Å². The zero-order valence-electron chi connectivity index (χ0n) is 28.5. The van der Waals surface area contributed by atoms with E-state index in [2.05, 4.69) is 0 Å². The first-order valence-corrected chi connectivity index (χ1v) is 14.5. The van der Waals surface area contributed by atoms with E-state index in [0.717, 1.165) is 17.4 Å². The number of carbonyl (C=O) groups is 5. The number of hydrogen-bond donors (Lipinski definition) is 0. The van der Waals surface area contributed by atoms with Crippen LogP contribution in [-0.2, 0) is 19.2 Å². The number of allylic oxidation sites excluding steroid dienone is 2. The summed E-state index contributed by atoms with van der Waals surface area (Å²) in [4.78, 5) is 54.6. The molecular weight excluding hydrogens is 620 g/mol. The lowest BCUT2D eigenvalue weighted by Gasteiger charge is -2.07. The Labute approximate surface area is 281 Å². The number of benzene rings is 3. The highest BCUT2D eigenvalue weighted by atomic mass is 16.5. The number of hydrogen-bond acceptors (Lipinski definition) is 11. The maximum Gasteiger partial charge on any atom is 0.163 e. The highest BCUT2D eigenvalue weighted by Gasteiger charge is 2.07. The maximum absolute atomic E-state index is 12.1. The van der Waals surface area contributed by atoms with E-state index in [1.807, 2.05) is 0 Å². The fourth-order valence-corrected chi connectivity index (χ4v) is 3.86. The Morgan fingerprint density at radius 1 is 0.479 bits per heavy atom. The predicted molar refractivity (Wildman–Crippen MR) is 183 cm³/mol. The first-order valence-electron chi connectivity index (χ1n) is 14.5. The monoisotopic (exact) mass is 662 g/mol. The van der Waals surface area contributed by atoms with Crippen molar-refractivity contribution in [2.75, 3.05) is 42.7 Å². The van der Waals surface area contributed by atoms with E-state index in [-0.39, 0.29) is 36.0 Å². The van der Waals surface area contributed by atoms with Crippen molar-refractivity contribution in [3.05, 3.63) is 83.4 Å². The highest BCUT2D eigenvalue weighted by molar-refractivity contribution is 6.10. The van der Waals surface area contributed by atoms with Gasteiger partial charge in [0, 0.05) is 5.56 Å². The normalized spacial score (nSPS) is 10.1. The second-order valence-corrected chi connectivity index (χ2v) is 9.82. The minimum Gasteiger partial charge on any atom is -0.493 e. The molecule has 0 bridgehead atoms. The number of ether oxygens (including phenoxy) is 6. The van der Waals surface area contributed by atoms with Gasteiger partial charge in [-0.25, -0.2) is 0 Å². The molecule has 256 valence electrons. The standard InChI is InChI=1S/C23H24O6.C9H10O3.C5H8O2/c1-26-20-11-7-16(13-22(20)28-3)5-9-18(24)15-19(25)10-6-17-8-12-21(27-2)23(14-17)29-4;1-11-8-4-3-7(6-10)5-9(8)12-2;1-4(6)3-5(2)7/h5-14H,15H2,1-4H3;3-6H,1-2H3;3H2,1-2H3/b9-5+,10-6+;;. The van der Waals surface area contributed by atoms with E-state index in [4.69, 9.17) is 28.4 Å². The molecule has 0 saturated carbocycles. The van der Waals surface area contributed by atoms with Crippen molar-refractivity contribution in [3.63, 3.8) is 0 Å². The van der Waals surface area contributed by atoms with Gasteiger partial charge in [-0.1, -0.05) is 24.3 Å². The van der Waals surface area contributed by atoms with Gasteiger partial charge in [-0.2, -0.15) is 0 Å². The van der Waals surface area contributed by atoms with Crippen LogP contribution in [0.1, 0.15) is 48.2 Å². The van der Waals surface area contributed by atoms with Crippen molar-refractivity contribution in [2.24, 2.45) is 0 Å². The summed E-state index contributed by atoms with van der Waals surface area (Å²) in [5.74, 6) is 2.83. The summed E-state index contributed by atoms with van der Waals surface area (Å²) in [6.07, 6.45) is 6.66. The summed E-state index contributed by atoms with van der Waals surface area (Å²) in [7, 11) is 9.28. The number of methoxy groups -OCH3 is 6. The quantitative estimate of drug-likeness (QED) is 0.107. The predicted octanol–water partition coefficient (Wildman–Crippen LogP) is 6.05. The molecule has 11 nitrogen and oxygen atoms in total. The minimum atomic E-state index is -0.290. The number of ketones is 4. The third kappa shape index (κ3) is 14.6. The third-order valence-corrected chi connectivity index (χ3v) is 6.13. The van der Waals surface area contributed by atoms with Gasteiger partial charge in [0.25, 0.3) is 0 Å². The smallest absolute Gasteiger partial charge is 0.163 e. The van der Waals surface area contributed by atoms with Crippen LogP contribution in [0.3, 0.4) is 0 Å². The molecule has 0 spiro atoms. The lowest BCUT2D eigenvalue weighted by molar-refractivity contribution is -0.125. The van der Waals surface area contributed by atoms with Crippen LogP contribution in [-0.4, -0.2) is 72.1 Å². The van der Waals surface area contributed by atoms with E-state index in [0.29, 0.717) is 40.1 Å². The molecule has 0 N–H and O–H groups in total. The summed E-state index contributed by atoms with van der Waals surface area (Å²) in [5.41, 5.74) is 2.11. The average Bonchev–Trinajstić information content (AvgIpc) is 3.09. The van der Waals surface area contributed by atoms with Crippen LogP contribution < -0.4 is 28.4 Å². The Bertz CT molecular complexity index is 1520. The zero-order valence-corrected chi connectivity index (χ0v) is 28.5. The Balaban J connectivity index is 0.000000494. The summed E-state index contributed by atoms with van der Waals surface area (Å²) in [5, 5.41) is 0. The molecular formula is C37H42O11. The van der Waals surface area contributed by atoms with E-state index in [1.165, 1.54) is 33.1 Å². The summed E-state index contributed by atoms with van der Waals surface area (Å²) in [6, 6.07) is 15.6. The molecule has 11 heteroatoms. The SMILES string of the molecule is CC(=O)CC(C)=O.COc1ccc(/C=C/C(=O)CC(=O)/C=C/c2ccc(OC)c(OC)c2)cc1OC.COc1ccc(C=O)cc1OC. The molecule has 3 rings (SSSR count). The molecule has 48 heavy (non-hydrogen) atoms. The molecule has 0 aliphatic carbocycles. The van der Waals surface area contributed by atoms with Crippen LogP contribution in [0.5, 0.6) is 34.5 Å². The lowest BCUT2D eigenvalue weighted by atomic mass is 10.1. The number of rotatable bonds is 15. The van der Waals surface area contributed by atoms with Crippen LogP contribution in [0.4, 0.5) is 0 Å². The van der Waals surface area contributed by atoms with E-state index >= 15 is 0 Å². The summed E-state index contributed by atoms with van der Waals surface area (Å²) in [6.45, 7) is 2.81. The molecule has 0 aliphatic rings. The van der Waals surface area contributed by atoms with E-state index < -0.39 is 0 Å². The van der Waals surface area contributed by atoms with Gasteiger partial charge in [-0.3, -0.25) is 24.0 Å². The van der Waals surface area contributed by atoms with Gasteiger partial charge in [0.2, 0.25) is 0 Å². The van der Waals surface area contributed by atoms with Gasteiger partial charge in [0.15, 0.2) is 46.1 Å². The molecule has 0 unspecified atom stereocenters. The van der Waals surface area contributed by atoms with Crippen molar-refractivity contribution in [1.29, 1.82) is 0 Å². The molecule has 3 aromatic carbocycles. The van der Waals surface area contributed by atoms with Crippen molar-refractivity contribution in [1.82, 2.24) is 0 Å². The maximum atomic E-state index is 12.1. The Morgan fingerprint density at radius 3 is 1.06 bits per heavy atom. The van der Waals surface area contributed by atoms with Crippen LogP contribution in [0.2, 0.25) is 0 Å². The molecule has 0 amide bonds. The largest absolute Gasteiger partial charge is 0.493 e. The van der Waals surface area contributed by atoms with Crippen LogP contribution in [0.15, 0.2) is 66.7 Å². The molecule has 0 aromatic heterocycles. The first-order chi connectivity index (χ1) is 22.9. The lowest BCUT2D eigenvalue weighted by Crippen LogP contribution is -2.02. The number of aldehydes is 1. The molecule has 3 aromatic rings. The van der Waals surface area contributed by atoms with Crippen molar-refractivity contribution < 1.29 is 52.4 Å². The number of carbonyl (C=O) groups excluding carboxylic acids is 5. The summed E-state index contributed by atoms with van der Waals surface area (Å²) < 4.78 is 30.8. The second kappa shape index (κ2) is 21.9.